The highest BCUT2D eigenvalue weighted by molar-refractivity contribution is 5.70. The summed E-state index contributed by atoms with van der Waals surface area (Å²) in [5, 5.41) is 9.09. The van der Waals surface area contributed by atoms with Crippen molar-refractivity contribution in [3.8, 4) is 11.4 Å². The lowest BCUT2D eigenvalue weighted by molar-refractivity contribution is -0.142. The van der Waals surface area contributed by atoms with Crippen LogP contribution in [-0.4, -0.2) is 20.6 Å². The summed E-state index contributed by atoms with van der Waals surface area (Å²) >= 11 is 0. The molecule has 1 N–H and O–H groups in total. The van der Waals surface area contributed by atoms with Crippen molar-refractivity contribution in [2.75, 3.05) is 0 Å². The van der Waals surface area contributed by atoms with E-state index in [4.69, 9.17) is 5.11 Å². The van der Waals surface area contributed by atoms with Crippen LogP contribution in [0.15, 0.2) is 30.5 Å². The summed E-state index contributed by atoms with van der Waals surface area (Å²) in [4.78, 5) is 15.5. The minimum absolute atomic E-state index is 0.269. The zero-order valence-corrected chi connectivity index (χ0v) is 10.8. The molecule has 1 atom stereocenters. The predicted molar refractivity (Wildman–Crippen MR) is 71.8 cm³/mol. The standard InChI is InChI=1S/C15H16N2O2/c1-10-3-2-4-11(7-10)14-16-9-13-8-12(15(18)19)5-6-17(13)14/h2-4,7,9,12H,5-6,8H2,1H3,(H,18,19). The molecule has 4 heteroatoms. The van der Waals surface area contributed by atoms with Crippen molar-refractivity contribution in [2.45, 2.75) is 26.3 Å². The summed E-state index contributed by atoms with van der Waals surface area (Å²) < 4.78 is 2.15. The molecular formula is C15H16N2O2. The average molecular weight is 256 g/mol. The number of nitrogens with zero attached hydrogens (tertiary/aromatic N) is 2. The number of rotatable bonds is 2. The van der Waals surface area contributed by atoms with Gasteiger partial charge in [0.1, 0.15) is 5.82 Å². The lowest BCUT2D eigenvalue weighted by atomic mass is 9.96. The Balaban J connectivity index is 1.97. The fourth-order valence-corrected chi connectivity index (χ4v) is 2.69. The van der Waals surface area contributed by atoms with Gasteiger partial charge < -0.3 is 9.67 Å². The quantitative estimate of drug-likeness (QED) is 0.898. The summed E-state index contributed by atoms with van der Waals surface area (Å²) in [6, 6.07) is 8.24. The largest absolute Gasteiger partial charge is 0.481 e. The van der Waals surface area contributed by atoms with E-state index in [2.05, 4.69) is 28.6 Å². The zero-order chi connectivity index (χ0) is 13.4. The molecule has 19 heavy (non-hydrogen) atoms. The Morgan fingerprint density at radius 3 is 3.05 bits per heavy atom. The molecule has 0 spiro atoms. The van der Waals surface area contributed by atoms with Gasteiger partial charge in [0.2, 0.25) is 0 Å². The molecule has 0 bridgehead atoms. The van der Waals surface area contributed by atoms with Crippen LogP contribution in [0.4, 0.5) is 0 Å². The Morgan fingerprint density at radius 1 is 1.47 bits per heavy atom. The van der Waals surface area contributed by atoms with Crippen LogP contribution in [-0.2, 0) is 17.8 Å². The first-order chi connectivity index (χ1) is 9.15. The Bertz CT molecular complexity index is 631. The summed E-state index contributed by atoms with van der Waals surface area (Å²) in [5.74, 6) is -0.0262. The number of imidazole rings is 1. The van der Waals surface area contributed by atoms with Gasteiger partial charge in [0.25, 0.3) is 0 Å². The third-order valence-corrected chi connectivity index (χ3v) is 3.72. The van der Waals surface area contributed by atoms with Gasteiger partial charge in [-0.1, -0.05) is 23.8 Å². The highest BCUT2D eigenvalue weighted by Gasteiger charge is 2.26. The molecule has 0 amide bonds. The van der Waals surface area contributed by atoms with E-state index in [0.717, 1.165) is 23.6 Å². The molecule has 0 aliphatic carbocycles. The number of aromatic nitrogens is 2. The molecule has 2 heterocycles. The number of carbonyl (C=O) groups is 1. The van der Waals surface area contributed by atoms with Gasteiger partial charge in [-0.2, -0.15) is 0 Å². The van der Waals surface area contributed by atoms with Crippen molar-refractivity contribution in [2.24, 2.45) is 5.92 Å². The van der Waals surface area contributed by atoms with Gasteiger partial charge in [0.05, 0.1) is 5.92 Å². The van der Waals surface area contributed by atoms with E-state index in [9.17, 15) is 4.79 Å². The van der Waals surface area contributed by atoms with Gasteiger partial charge >= 0.3 is 5.97 Å². The molecule has 1 aromatic carbocycles. The number of hydrogen-bond donors (Lipinski definition) is 1. The van der Waals surface area contributed by atoms with Crippen LogP contribution in [0.2, 0.25) is 0 Å². The second-order valence-corrected chi connectivity index (χ2v) is 5.12. The Hall–Kier alpha value is -2.10. The van der Waals surface area contributed by atoms with Crippen molar-refractivity contribution in [3.63, 3.8) is 0 Å². The van der Waals surface area contributed by atoms with Crippen LogP contribution in [0.1, 0.15) is 17.7 Å². The smallest absolute Gasteiger partial charge is 0.306 e. The fourth-order valence-electron chi connectivity index (χ4n) is 2.69. The monoisotopic (exact) mass is 256 g/mol. The van der Waals surface area contributed by atoms with Gasteiger partial charge in [-0.3, -0.25) is 4.79 Å². The van der Waals surface area contributed by atoms with Crippen LogP contribution in [0.3, 0.4) is 0 Å². The highest BCUT2D eigenvalue weighted by Crippen LogP contribution is 2.27. The molecule has 1 aromatic heterocycles. The summed E-state index contributed by atoms with van der Waals surface area (Å²) in [6.45, 7) is 2.79. The second-order valence-electron chi connectivity index (χ2n) is 5.12. The van der Waals surface area contributed by atoms with E-state index in [-0.39, 0.29) is 5.92 Å². The Kier molecular flexibility index (Phi) is 2.85. The maximum absolute atomic E-state index is 11.1. The molecule has 4 nitrogen and oxygen atoms in total. The lowest BCUT2D eigenvalue weighted by Gasteiger charge is -2.22. The predicted octanol–water partition coefficient (Wildman–Crippen LogP) is 2.51. The molecule has 0 radical (unpaired) electrons. The van der Waals surface area contributed by atoms with E-state index in [1.165, 1.54) is 5.56 Å². The van der Waals surface area contributed by atoms with Crippen LogP contribution in [0, 0.1) is 12.8 Å². The van der Waals surface area contributed by atoms with Crippen molar-refractivity contribution < 1.29 is 9.90 Å². The van der Waals surface area contributed by atoms with Gasteiger partial charge in [0.15, 0.2) is 0 Å². The van der Waals surface area contributed by atoms with E-state index in [1.54, 1.807) is 0 Å². The molecule has 1 aliphatic heterocycles. The summed E-state index contributed by atoms with van der Waals surface area (Å²) in [7, 11) is 0. The number of aliphatic carboxylic acids is 1. The average Bonchev–Trinajstić information content (AvgIpc) is 2.81. The lowest BCUT2D eigenvalue weighted by Crippen LogP contribution is -2.25. The Labute approximate surface area is 111 Å². The van der Waals surface area contributed by atoms with Crippen LogP contribution >= 0.6 is 0 Å². The molecule has 2 aromatic rings. The molecule has 98 valence electrons. The molecule has 0 saturated heterocycles. The van der Waals surface area contributed by atoms with E-state index >= 15 is 0 Å². The second kappa shape index (κ2) is 4.53. The minimum Gasteiger partial charge on any atom is -0.481 e. The summed E-state index contributed by atoms with van der Waals surface area (Å²) in [6.07, 6.45) is 3.07. The van der Waals surface area contributed by atoms with Gasteiger partial charge in [-0.25, -0.2) is 4.98 Å². The number of hydrogen-bond acceptors (Lipinski definition) is 2. The first kappa shape index (κ1) is 12.0. The summed E-state index contributed by atoms with van der Waals surface area (Å²) in [5.41, 5.74) is 3.32. The topological polar surface area (TPSA) is 55.1 Å². The number of aryl methyl sites for hydroxylation is 1. The Morgan fingerprint density at radius 2 is 2.32 bits per heavy atom. The molecule has 3 rings (SSSR count). The third kappa shape index (κ3) is 2.14. The van der Waals surface area contributed by atoms with E-state index in [0.29, 0.717) is 12.8 Å². The fraction of sp³-hybridized carbons (Fsp3) is 0.333. The molecule has 1 unspecified atom stereocenters. The normalized spacial score (nSPS) is 18.1. The number of carboxylic acid groups (broad SMARTS) is 1. The number of benzene rings is 1. The first-order valence-corrected chi connectivity index (χ1v) is 6.49. The minimum atomic E-state index is -0.704. The maximum Gasteiger partial charge on any atom is 0.306 e. The number of fused-ring (bicyclic) bond motifs is 1. The third-order valence-electron chi connectivity index (χ3n) is 3.72. The van der Waals surface area contributed by atoms with Crippen LogP contribution in [0.5, 0.6) is 0 Å². The van der Waals surface area contributed by atoms with Crippen molar-refractivity contribution in [1.29, 1.82) is 0 Å². The van der Waals surface area contributed by atoms with Crippen molar-refractivity contribution in [3.05, 3.63) is 41.7 Å². The van der Waals surface area contributed by atoms with Gasteiger partial charge in [0, 0.05) is 30.4 Å². The van der Waals surface area contributed by atoms with Crippen LogP contribution in [0.25, 0.3) is 11.4 Å². The number of carboxylic acids is 1. The maximum atomic E-state index is 11.1. The highest BCUT2D eigenvalue weighted by atomic mass is 16.4. The van der Waals surface area contributed by atoms with Crippen molar-refractivity contribution >= 4 is 5.97 Å². The molecule has 1 aliphatic rings. The molecule has 0 fully saturated rings. The van der Waals surface area contributed by atoms with E-state index in [1.807, 2.05) is 18.3 Å². The van der Waals surface area contributed by atoms with Crippen LogP contribution < -0.4 is 0 Å². The molecular weight excluding hydrogens is 240 g/mol. The zero-order valence-electron chi connectivity index (χ0n) is 10.8. The van der Waals surface area contributed by atoms with Gasteiger partial charge in [-0.05, 0) is 19.4 Å². The van der Waals surface area contributed by atoms with Crippen molar-refractivity contribution in [1.82, 2.24) is 9.55 Å². The van der Waals surface area contributed by atoms with Gasteiger partial charge in [-0.15, -0.1) is 0 Å². The SMILES string of the molecule is Cc1cccc(-c2ncc3n2CCC(C(=O)O)C3)c1. The molecule has 0 saturated carbocycles. The van der Waals surface area contributed by atoms with E-state index < -0.39 is 5.97 Å². The first-order valence-electron chi connectivity index (χ1n) is 6.49.